The first-order valence-corrected chi connectivity index (χ1v) is 21.8. The molecule has 0 atom stereocenters. The van der Waals surface area contributed by atoms with E-state index in [-0.39, 0.29) is 30.6 Å². The topological polar surface area (TPSA) is 102 Å². The number of nitrogens with zero attached hydrogens (tertiary/aromatic N) is 1. The van der Waals surface area contributed by atoms with Gasteiger partial charge in [-0.3, -0.25) is 14.4 Å². The first-order valence-electron chi connectivity index (χ1n) is 21.8. The Hall–Kier alpha value is -1.67. The van der Waals surface area contributed by atoms with E-state index in [0.29, 0.717) is 45.6 Å². The molecule has 0 aliphatic carbocycles. The summed E-state index contributed by atoms with van der Waals surface area (Å²) in [6.45, 7) is 9.61. The van der Waals surface area contributed by atoms with Crippen LogP contribution in [0.2, 0.25) is 0 Å². The second-order valence-electron chi connectivity index (χ2n) is 14.7. The number of carbonyl (C=O) groups excluding carboxylic acids is 3. The Kier molecular flexibility index (Phi) is 38.2. The van der Waals surface area contributed by atoms with Crippen molar-refractivity contribution in [3.8, 4) is 0 Å². The minimum atomic E-state index is -0.192. The van der Waals surface area contributed by atoms with E-state index in [0.717, 1.165) is 109 Å². The minimum absolute atomic E-state index is 0.0240. The van der Waals surface area contributed by atoms with Crippen molar-refractivity contribution in [2.45, 2.75) is 219 Å². The lowest BCUT2D eigenvalue weighted by Gasteiger charge is -2.20. The maximum Gasteiger partial charge on any atom is 0.307 e. The summed E-state index contributed by atoms with van der Waals surface area (Å²) >= 11 is 0. The lowest BCUT2D eigenvalue weighted by atomic mass is 10.0. The molecule has 0 heterocycles. The van der Waals surface area contributed by atoms with Crippen LogP contribution in [0.25, 0.3) is 0 Å². The van der Waals surface area contributed by atoms with Gasteiger partial charge in [-0.1, -0.05) is 124 Å². The summed E-state index contributed by atoms with van der Waals surface area (Å²) in [5.74, 6) is -0.308. The monoisotopic (exact) mass is 726 g/mol. The van der Waals surface area contributed by atoms with Gasteiger partial charge in [-0.15, -0.1) is 0 Å². The van der Waals surface area contributed by atoms with Gasteiger partial charge in [-0.05, 0) is 77.2 Å². The summed E-state index contributed by atoms with van der Waals surface area (Å²) in [7, 11) is 0. The van der Waals surface area contributed by atoms with Gasteiger partial charge in [0.25, 0.3) is 0 Å². The maximum absolute atomic E-state index is 12.7. The van der Waals surface area contributed by atoms with E-state index in [1.165, 1.54) is 70.6 Å². The van der Waals surface area contributed by atoms with Crippen molar-refractivity contribution in [2.24, 2.45) is 0 Å². The van der Waals surface area contributed by atoms with Crippen molar-refractivity contribution >= 4 is 17.9 Å². The number of hydrogen-bond donors (Lipinski definition) is 1. The molecule has 8 nitrogen and oxygen atoms in total. The van der Waals surface area contributed by atoms with Crippen LogP contribution < -0.4 is 0 Å². The number of aliphatic hydroxyl groups excluding tert-OH is 1. The number of esters is 3. The van der Waals surface area contributed by atoms with E-state index in [1.807, 2.05) is 0 Å². The molecule has 302 valence electrons. The highest BCUT2D eigenvalue weighted by molar-refractivity contribution is 5.70. The Morgan fingerprint density at radius 3 is 1.39 bits per heavy atom. The van der Waals surface area contributed by atoms with Gasteiger partial charge < -0.3 is 24.2 Å². The summed E-state index contributed by atoms with van der Waals surface area (Å²) in [6, 6.07) is 0. The van der Waals surface area contributed by atoms with Crippen molar-refractivity contribution in [1.82, 2.24) is 4.90 Å². The van der Waals surface area contributed by atoms with E-state index in [1.54, 1.807) is 0 Å². The highest BCUT2D eigenvalue weighted by Gasteiger charge is 2.15. The predicted molar refractivity (Wildman–Crippen MR) is 211 cm³/mol. The second-order valence-corrected chi connectivity index (χ2v) is 14.7. The summed E-state index contributed by atoms with van der Waals surface area (Å²) in [5, 5.41) is 9.49. The highest BCUT2D eigenvalue weighted by Crippen LogP contribution is 2.18. The summed E-state index contributed by atoms with van der Waals surface area (Å²) in [6.07, 6.45) is 31.6. The predicted octanol–water partition coefficient (Wildman–Crippen LogP) is 11.0. The summed E-state index contributed by atoms with van der Waals surface area (Å²) < 4.78 is 16.7. The second kappa shape index (κ2) is 39.5. The molecule has 8 heteroatoms. The highest BCUT2D eigenvalue weighted by atomic mass is 16.5. The molecule has 0 saturated carbocycles. The van der Waals surface area contributed by atoms with Crippen molar-refractivity contribution in [3.63, 3.8) is 0 Å². The lowest BCUT2D eigenvalue weighted by Crippen LogP contribution is -2.30. The fraction of sp³-hybridized carbons (Fsp3) is 0.930. The Morgan fingerprint density at radius 2 is 0.863 bits per heavy atom. The van der Waals surface area contributed by atoms with E-state index < -0.39 is 0 Å². The van der Waals surface area contributed by atoms with Gasteiger partial charge in [0, 0.05) is 25.9 Å². The number of hydrogen-bond acceptors (Lipinski definition) is 8. The van der Waals surface area contributed by atoms with Crippen LogP contribution in [0, 0.1) is 0 Å². The van der Waals surface area contributed by atoms with E-state index in [9.17, 15) is 19.5 Å². The average Bonchev–Trinajstić information content (AvgIpc) is 3.12. The molecular weight excluding hydrogens is 642 g/mol. The number of carbonyl (C=O) groups is 3. The third-order valence-corrected chi connectivity index (χ3v) is 9.76. The molecule has 1 N–H and O–H groups in total. The zero-order valence-corrected chi connectivity index (χ0v) is 33.9. The first kappa shape index (κ1) is 49.3. The molecule has 51 heavy (non-hydrogen) atoms. The van der Waals surface area contributed by atoms with Gasteiger partial charge in [-0.25, -0.2) is 0 Å². The van der Waals surface area contributed by atoms with Crippen molar-refractivity contribution in [2.75, 3.05) is 39.5 Å². The first-order chi connectivity index (χ1) is 25.0. The quantitative estimate of drug-likeness (QED) is 0.0378. The molecule has 0 aliphatic rings. The molecule has 0 spiro atoms. The van der Waals surface area contributed by atoms with Crippen molar-refractivity contribution in [3.05, 3.63) is 0 Å². The smallest absolute Gasteiger partial charge is 0.307 e. The van der Waals surface area contributed by atoms with E-state index >= 15 is 0 Å². The molecule has 0 rings (SSSR count). The summed E-state index contributed by atoms with van der Waals surface area (Å²) in [4.78, 5) is 38.8. The molecule has 0 bridgehead atoms. The van der Waals surface area contributed by atoms with Crippen LogP contribution in [0.1, 0.15) is 213 Å². The summed E-state index contributed by atoms with van der Waals surface area (Å²) in [5.41, 5.74) is 0. The van der Waals surface area contributed by atoms with Crippen LogP contribution in [-0.2, 0) is 28.6 Å². The van der Waals surface area contributed by atoms with E-state index in [4.69, 9.17) is 14.2 Å². The van der Waals surface area contributed by atoms with Gasteiger partial charge in [0.15, 0.2) is 0 Å². The largest absolute Gasteiger partial charge is 0.466 e. The van der Waals surface area contributed by atoms with Gasteiger partial charge >= 0.3 is 17.9 Å². The zero-order valence-electron chi connectivity index (χ0n) is 33.9. The molecule has 0 aromatic heterocycles. The fourth-order valence-corrected chi connectivity index (χ4v) is 6.44. The standard InChI is InChI=1S/C43H83NO7/c1-4-7-10-13-16-22-29-40(30-23-17-14-11-8-5-2)51-43(48)32-25-18-15-19-26-34-44(36-37-45)35-33-42(47)50-39-28-21-20-27-38-49-41(46)31-24-12-9-6-3/h40,45H,4-39H2,1-3H3. The average molecular weight is 726 g/mol. The van der Waals surface area contributed by atoms with Crippen LogP contribution in [0.15, 0.2) is 0 Å². The Morgan fingerprint density at radius 1 is 0.451 bits per heavy atom. The van der Waals surface area contributed by atoms with Gasteiger partial charge in [0.1, 0.15) is 6.10 Å². The van der Waals surface area contributed by atoms with E-state index in [2.05, 4.69) is 25.7 Å². The van der Waals surface area contributed by atoms with Gasteiger partial charge in [0.2, 0.25) is 0 Å². The van der Waals surface area contributed by atoms with Crippen LogP contribution in [-0.4, -0.2) is 73.5 Å². The Labute approximate surface area is 314 Å². The van der Waals surface area contributed by atoms with Gasteiger partial charge in [0.05, 0.1) is 26.2 Å². The Balaban J connectivity index is 4.02. The van der Waals surface area contributed by atoms with Crippen LogP contribution >= 0.6 is 0 Å². The molecule has 0 aromatic rings. The molecule has 0 unspecified atom stereocenters. The number of rotatable bonds is 40. The molecule has 0 fully saturated rings. The fourth-order valence-electron chi connectivity index (χ4n) is 6.44. The SMILES string of the molecule is CCCCCCCCC(CCCCCCCC)OC(=O)CCCCCCCN(CCO)CCC(=O)OCCCCCCOC(=O)CCCCCC. The molecule has 0 aliphatic heterocycles. The molecule has 0 radical (unpaired) electrons. The normalized spacial score (nSPS) is 11.4. The minimum Gasteiger partial charge on any atom is -0.466 e. The number of ether oxygens (including phenoxy) is 3. The molecular formula is C43H83NO7. The van der Waals surface area contributed by atoms with Crippen molar-refractivity contribution < 1.29 is 33.7 Å². The lowest BCUT2D eigenvalue weighted by molar-refractivity contribution is -0.150. The number of aliphatic hydroxyl groups is 1. The molecule has 0 aromatic carbocycles. The van der Waals surface area contributed by atoms with Crippen LogP contribution in [0.4, 0.5) is 0 Å². The van der Waals surface area contributed by atoms with Crippen LogP contribution in [0.3, 0.4) is 0 Å². The third-order valence-electron chi connectivity index (χ3n) is 9.76. The Bertz CT molecular complexity index is 761. The van der Waals surface area contributed by atoms with Crippen molar-refractivity contribution in [1.29, 1.82) is 0 Å². The molecule has 0 saturated heterocycles. The maximum atomic E-state index is 12.7. The van der Waals surface area contributed by atoms with Crippen LogP contribution in [0.5, 0.6) is 0 Å². The third kappa shape index (κ3) is 36.5. The van der Waals surface area contributed by atoms with Gasteiger partial charge in [-0.2, -0.15) is 0 Å². The molecule has 0 amide bonds. The number of unbranched alkanes of at least 4 members (excludes halogenated alkanes) is 20. The zero-order chi connectivity index (χ0) is 37.5.